The molecule has 229 valence electrons. The van der Waals surface area contributed by atoms with Crippen molar-refractivity contribution in [1.29, 1.82) is 0 Å². The van der Waals surface area contributed by atoms with Gasteiger partial charge >= 0.3 is 0 Å². The normalized spacial score (nSPS) is 14.0. The number of rotatable bonds is 13. The van der Waals surface area contributed by atoms with Crippen LogP contribution in [0.4, 0.5) is 13.2 Å². The van der Waals surface area contributed by atoms with Crippen molar-refractivity contribution in [2.24, 2.45) is 5.41 Å². The van der Waals surface area contributed by atoms with Crippen LogP contribution in [-0.4, -0.2) is 44.0 Å². The van der Waals surface area contributed by atoms with Gasteiger partial charge in [-0.3, -0.25) is 4.79 Å². The molecule has 10 heteroatoms. The third kappa shape index (κ3) is 7.73. The van der Waals surface area contributed by atoms with Crippen molar-refractivity contribution in [3.63, 3.8) is 0 Å². The molecule has 3 heterocycles. The average molecular weight is 612 g/mol. The molecule has 6 nitrogen and oxygen atoms in total. The van der Waals surface area contributed by atoms with Gasteiger partial charge in [0.05, 0.1) is 18.6 Å². The summed E-state index contributed by atoms with van der Waals surface area (Å²) in [7, 11) is -0.438. The molecule has 5 rings (SSSR count). The SMILES string of the molecule is C.C[Si](C)CCOCn1cc(-c2ccc(F)cc2)c2c(Oc3c(F)cc(CC(=O)CCC4(C)COC4)cc3F)ccnc21. The largest absolute Gasteiger partial charge is 0.450 e. The molecule has 1 aliphatic heterocycles. The highest BCUT2D eigenvalue weighted by Gasteiger charge is 2.33. The topological polar surface area (TPSA) is 62.6 Å². The molecular weight excluding hydrogens is 573 g/mol. The van der Waals surface area contributed by atoms with Crippen molar-refractivity contribution in [2.45, 2.75) is 59.5 Å². The number of ether oxygens (including phenoxy) is 3. The lowest BCUT2D eigenvalue weighted by atomic mass is 9.82. The lowest BCUT2D eigenvalue weighted by Gasteiger charge is -2.37. The molecule has 1 aliphatic rings. The van der Waals surface area contributed by atoms with E-state index in [4.69, 9.17) is 14.2 Å². The predicted molar refractivity (Wildman–Crippen MR) is 163 cm³/mol. The monoisotopic (exact) mass is 611 g/mol. The number of carbonyl (C=O) groups is 1. The third-order valence-corrected chi connectivity index (χ3v) is 8.64. The smallest absolute Gasteiger partial charge is 0.198 e. The van der Waals surface area contributed by atoms with Crippen LogP contribution in [-0.2, 0) is 27.4 Å². The molecule has 0 spiro atoms. The van der Waals surface area contributed by atoms with Gasteiger partial charge in [0, 0.05) is 51.6 Å². The Kier molecular flexibility index (Phi) is 10.5. The quantitative estimate of drug-likeness (QED) is 0.113. The Labute approximate surface area is 252 Å². The van der Waals surface area contributed by atoms with E-state index in [-0.39, 0.29) is 48.9 Å². The Bertz CT molecular complexity index is 1550. The van der Waals surface area contributed by atoms with Crippen molar-refractivity contribution in [3.8, 4) is 22.6 Å². The number of carbonyl (C=O) groups excluding carboxylic acids is 1. The van der Waals surface area contributed by atoms with Crippen molar-refractivity contribution >= 4 is 25.6 Å². The van der Waals surface area contributed by atoms with Crippen LogP contribution in [0.3, 0.4) is 0 Å². The van der Waals surface area contributed by atoms with Crippen LogP contribution in [0.2, 0.25) is 19.1 Å². The fourth-order valence-electron chi connectivity index (χ4n) is 4.93. The molecule has 0 aliphatic carbocycles. The molecule has 1 fully saturated rings. The highest BCUT2D eigenvalue weighted by molar-refractivity contribution is 6.55. The maximum absolute atomic E-state index is 15.3. The van der Waals surface area contributed by atoms with E-state index < -0.39 is 26.2 Å². The molecular formula is C33H38F3N2O4Si. The molecule has 1 saturated heterocycles. The molecule has 4 aromatic rings. The summed E-state index contributed by atoms with van der Waals surface area (Å²) in [5.74, 6) is -2.69. The Morgan fingerprint density at radius 2 is 1.79 bits per heavy atom. The van der Waals surface area contributed by atoms with Gasteiger partial charge in [0.1, 0.15) is 29.7 Å². The Hall–Kier alpha value is -3.47. The highest BCUT2D eigenvalue weighted by Crippen LogP contribution is 2.39. The molecule has 0 saturated carbocycles. The summed E-state index contributed by atoms with van der Waals surface area (Å²) in [5.41, 5.74) is 2.08. The van der Waals surface area contributed by atoms with Crippen molar-refractivity contribution in [3.05, 3.63) is 77.9 Å². The minimum absolute atomic E-state index is 0. The molecule has 0 unspecified atom stereocenters. The van der Waals surface area contributed by atoms with Gasteiger partial charge in [-0.1, -0.05) is 39.6 Å². The van der Waals surface area contributed by atoms with Gasteiger partial charge < -0.3 is 18.8 Å². The molecule has 0 bridgehead atoms. The second kappa shape index (κ2) is 13.9. The lowest BCUT2D eigenvalue weighted by molar-refractivity contribution is -0.125. The number of fused-ring (bicyclic) bond motifs is 1. The first-order valence-corrected chi connectivity index (χ1v) is 16.7. The third-order valence-electron chi connectivity index (χ3n) is 7.43. The van der Waals surface area contributed by atoms with E-state index >= 15 is 8.78 Å². The second-order valence-corrected chi connectivity index (χ2v) is 14.4. The van der Waals surface area contributed by atoms with Gasteiger partial charge in [-0.05, 0) is 53.9 Å². The van der Waals surface area contributed by atoms with Gasteiger partial charge in [-0.2, -0.15) is 0 Å². The van der Waals surface area contributed by atoms with E-state index in [1.54, 1.807) is 16.7 Å². The van der Waals surface area contributed by atoms with Gasteiger partial charge in [-0.25, -0.2) is 18.2 Å². The zero-order chi connectivity index (χ0) is 29.9. The Morgan fingerprint density at radius 1 is 1.09 bits per heavy atom. The van der Waals surface area contributed by atoms with Gasteiger partial charge in [-0.15, -0.1) is 0 Å². The van der Waals surface area contributed by atoms with E-state index in [2.05, 4.69) is 25.0 Å². The number of hydrogen-bond donors (Lipinski definition) is 0. The molecule has 0 amide bonds. The van der Waals surface area contributed by atoms with Crippen molar-refractivity contribution in [1.82, 2.24) is 9.55 Å². The first-order valence-electron chi connectivity index (χ1n) is 14.0. The molecule has 0 N–H and O–H groups in total. The summed E-state index contributed by atoms with van der Waals surface area (Å²) >= 11 is 0. The molecule has 0 atom stereocenters. The summed E-state index contributed by atoms with van der Waals surface area (Å²) in [6.45, 7) is 8.55. The Balaban J connectivity index is 0.00000423. The number of benzene rings is 2. The second-order valence-electron chi connectivity index (χ2n) is 11.5. The molecule has 43 heavy (non-hydrogen) atoms. The van der Waals surface area contributed by atoms with Crippen LogP contribution in [0.15, 0.2) is 54.9 Å². The fraction of sp³-hybridized carbons (Fsp3) is 0.394. The number of pyridine rings is 1. The van der Waals surface area contributed by atoms with Crippen LogP contribution < -0.4 is 4.74 Å². The number of nitrogens with zero attached hydrogens (tertiary/aromatic N) is 2. The number of aromatic nitrogens is 2. The fourth-order valence-corrected chi connectivity index (χ4v) is 5.48. The summed E-state index contributed by atoms with van der Waals surface area (Å²) in [6.07, 6.45) is 4.25. The first-order chi connectivity index (χ1) is 20.1. The van der Waals surface area contributed by atoms with E-state index in [1.807, 2.05) is 6.20 Å². The first kappa shape index (κ1) is 32.4. The highest BCUT2D eigenvalue weighted by atomic mass is 28.3. The summed E-state index contributed by atoms with van der Waals surface area (Å²) in [4.78, 5) is 17.0. The van der Waals surface area contributed by atoms with Crippen LogP contribution in [0, 0.1) is 22.9 Å². The minimum atomic E-state index is -0.912. The zero-order valence-electron chi connectivity index (χ0n) is 24.0. The lowest BCUT2D eigenvalue weighted by Crippen LogP contribution is -2.40. The van der Waals surface area contributed by atoms with Crippen LogP contribution in [0.25, 0.3) is 22.2 Å². The van der Waals surface area contributed by atoms with E-state index in [9.17, 15) is 9.18 Å². The average Bonchev–Trinajstić information content (AvgIpc) is 3.30. The summed E-state index contributed by atoms with van der Waals surface area (Å²) in [5, 5.41) is 0.509. The maximum atomic E-state index is 15.3. The predicted octanol–water partition coefficient (Wildman–Crippen LogP) is 8.21. The maximum Gasteiger partial charge on any atom is 0.198 e. The Morgan fingerprint density at radius 3 is 2.42 bits per heavy atom. The minimum Gasteiger partial charge on any atom is -0.450 e. The van der Waals surface area contributed by atoms with Gasteiger partial charge in [0.15, 0.2) is 17.4 Å². The molecule has 2 aromatic carbocycles. The summed E-state index contributed by atoms with van der Waals surface area (Å²) in [6, 6.07) is 10.7. The molecule has 2 aromatic heterocycles. The number of ketones is 1. The molecule has 1 radical (unpaired) electrons. The number of halogens is 3. The van der Waals surface area contributed by atoms with Crippen LogP contribution in [0.5, 0.6) is 11.5 Å². The van der Waals surface area contributed by atoms with E-state index in [1.165, 1.54) is 24.4 Å². The van der Waals surface area contributed by atoms with E-state index in [0.29, 0.717) is 54.8 Å². The zero-order valence-corrected chi connectivity index (χ0v) is 25.0. The standard InChI is InChI=1S/C32H34F3N2O4Si.CH4/c1-32(18-40-19-32)10-8-24(38)14-21-15-26(34)30(27(35)16-21)41-28-9-11-36-31-29(28)25(22-4-6-23(33)7-5-22)17-37(31)20-39-12-13-42(2)3;/h4-7,9,11,15-17H,8,10,12-14,18-20H2,1-3H3;1H4. The van der Waals surface area contributed by atoms with Crippen LogP contribution >= 0.6 is 0 Å². The van der Waals surface area contributed by atoms with Crippen LogP contribution in [0.1, 0.15) is 32.8 Å². The number of Topliss-reactive ketones (excluding diaryl/α,β-unsaturated/α-hetero) is 1. The van der Waals surface area contributed by atoms with Crippen molar-refractivity contribution < 1.29 is 32.2 Å². The van der Waals surface area contributed by atoms with E-state index in [0.717, 1.165) is 18.2 Å². The number of hydrogen-bond acceptors (Lipinski definition) is 5. The van der Waals surface area contributed by atoms with Crippen molar-refractivity contribution in [2.75, 3.05) is 19.8 Å². The van der Waals surface area contributed by atoms with Gasteiger partial charge in [0.2, 0.25) is 0 Å². The van der Waals surface area contributed by atoms with Gasteiger partial charge in [0.25, 0.3) is 0 Å². The summed E-state index contributed by atoms with van der Waals surface area (Å²) < 4.78 is 63.0.